The number of rotatable bonds is 5. The molecule has 2 saturated heterocycles. The monoisotopic (exact) mass is 526 g/mol. The number of likely N-dealkylation sites (tertiary alicyclic amines) is 1. The second kappa shape index (κ2) is 11.1. The quantitative estimate of drug-likeness (QED) is 0.368. The molecule has 1 atom stereocenters. The van der Waals surface area contributed by atoms with E-state index in [1.807, 2.05) is 11.6 Å². The van der Waals surface area contributed by atoms with E-state index < -0.39 is 0 Å². The molecular weight excluding hydrogens is 495 g/mol. The standard InChI is InChI=1S/C21H30N6S.HI/c22-20(25-11-13-26(14-12-25)21-23-9-15-28-21)24-16-19-8-4-5-10-27(19)17-18-6-2-1-3-7-18;/h1-3,6-7,9,15,19H,4-5,8,10-14,16-17H2,(H2,22,24);1H. The average molecular weight is 526 g/mol. The van der Waals surface area contributed by atoms with Gasteiger partial charge in [0, 0.05) is 50.3 Å². The maximum atomic E-state index is 6.35. The van der Waals surface area contributed by atoms with E-state index in [1.54, 1.807) is 11.3 Å². The predicted molar refractivity (Wildman–Crippen MR) is 132 cm³/mol. The zero-order chi connectivity index (χ0) is 19.2. The summed E-state index contributed by atoms with van der Waals surface area (Å²) in [7, 11) is 0. The Morgan fingerprint density at radius 1 is 1.10 bits per heavy atom. The lowest BCUT2D eigenvalue weighted by Gasteiger charge is -2.36. The average Bonchev–Trinajstić information content (AvgIpc) is 3.29. The van der Waals surface area contributed by atoms with Crippen molar-refractivity contribution in [1.29, 1.82) is 0 Å². The van der Waals surface area contributed by atoms with Crippen molar-refractivity contribution in [3.8, 4) is 0 Å². The highest BCUT2D eigenvalue weighted by atomic mass is 127. The van der Waals surface area contributed by atoms with Crippen molar-refractivity contribution in [3.05, 3.63) is 47.5 Å². The van der Waals surface area contributed by atoms with Gasteiger partial charge >= 0.3 is 0 Å². The molecular formula is C21H31IN6S. The summed E-state index contributed by atoms with van der Waals surface area (Å²) in [5.74, 6) is 0.698. The van der Waals surface area contributed by atoms with Crippen LogP contribution in [-0.4, -0.2) is 66.1 Å². The van der Waals surface area contributed by atoms with Crippen LogP contribution < -0.4 is 10.6 Å². The molecule has 2 N–H and O–H groups in total. The topological polar surface area (TPSA) is 61.0 Å². The van der Waals surface area contributed by atoms with Crippen LogP contribution in [0.1, 0.15) is 24.8 Å². The van der Waals surface area contributed by atoms with Crippen LogP contribution in [0.3, 0.4) is 0 Å². The molecule has 0 amide bonds. The number of anilines is 1. The van der Waals surface area contributed by atoms with Crippen LogP contribution in [0.5, 0.6) is 0 Å². The highest BCUT2D eigenvalue weighted by Gasteiger charge is 2.23. The maximum absolute atomic E-state index is 6.35. The van der Waals surface area contributed by atoms with Gasteiger partial charge in [0.25, 0.3) is 0 Å². The molecule has 2 aliphatic heterocycles. The van der Waals surface area contributed by atoms with Crippen LogP contribution in [0, 0.1) is 0 Å². The maximum Gasteiger partial charge on any atom is 0.191 e. The van der Waals surface area contributed by atoms with Crippen LogP contribution >= 0.6 is 35.3 Å². The highest BCUT2D eigenvalue weighted by Crippen LogP contribution is 2.21. The summed E-state index contributed by atoms with van der Waals surface area (Å²) < 4.78 is 0. The Morgan fingerprint density at radius 2 is 1.90 bits per heavy atom. The Hall–Kier alpha value is -1.39. The van der Waals surface area contributed by atoms with Crippen molar-refractivity contribution >= 4 is 46.4 Å². The number of halogens is 1. The van der Waals surface area contributed by atoms with Crippen LogP contribution in [0.4, 0.5) is 5.13 Å². The predicted octanol–water partition coefficient (Wildman–Crippen LogP) is 3.25. The van der Waals surface area contributed by atoms with Gasteiger partial charge in [0.2, 0.25) is 0 Å². The van der Waals surface area contributed by atoms with Crippen molar-refractivity contribution in [2.45, 2.75) is 31.8 Å². The lowest BCUT2D eigenvalue weighted by molar-refractivity contribution is 0.145. The smallest absolute Gasteiger partial charge is 0.191 e. The van der Waals surface area contributed by atoms with Gasteiger partial charge in [-0.2, -0.15) is 0 Å². The van der Waals surface area contributed by atoms with Gasteiger partial charge in [-0.25, -0.2) is 4.98 Å². The first-order valence-corrected chi connectivity index (χ1v) is 11.1. The van der Waals surface area contributed by atoms with E-state index >= 15 is 0 Å². The number of nitrogens with zero attached hydrogens (tertiary/aromatic N) is 5. The molecule has 6 nitrogen and oxygen atoms in total. The van der Waals surface area contributed by atoms with Crippen LogP contribution in [-0.2, 0) is 6.54 Å². The number of piperazine rings is 1. The molecule has 0 spiro atoms. The fourth-order valence-electron chi connectivity index (χ4n) is 4.09. The van der Waals surface area contributed by atoms with Crippen molar-refractivity contribution in [2.75, 3.05) is 44.2 Å². The van der Waals surface area contributed by atoms with Gasteiger partial charge in [-0.15, -0.1) is 35.3 Å². The van der Waals surface area contributed by atoms with Crippen molar-refractivity contribution < 1.29 is 0 Å². The SMILES string of the molecule is I.NC(=NCC1CCCCN1Cc1ccccc1)N1CCN(c2nccs2)CC1. The van der Waals surface area contributed by atoms with Gasteiger partial charge < -0.3 is 15.5 Å². The van der Waals surface area contributed by atoms with Crippen molar-refractivity contribution in [2.24, 2.45) is 10.7 Å². The molecule has 2 aromatic rings. The van der Waals surface area contributed by atoms with Crippen molar-refractivity contribution in [3.63, 3.8) is 0 Å². The molecule has 0 aliphatic carbocycles. The number of hydrogen-bond acceptors (Lipinski definition) is 5. The summed E-state index contributed by atoms with van der Waals surface area (Å²) in [4.78, 5) is 16.3. The minimum atomic E-state index is 0. The fraction of sp³-hybridized carbons (Fsp3) is 0.524. The molecule has 4 rings (SSSR count). The Kier molecular flexibility index (Phi) is 8.55. The van der Waals surface area contributed by atoms with Crippen LogP contribution in [0.2, 0.25) is 0 Å². The minimum Gasteiger partial charge on any atom is -0.370 e. The lowest BCUT2D eigenvalue weighted by atomic mass is 10.0. The number of aliphatic imine (C=N–C) groups is 1. The van der Waals surface area contributed by atoms with E-state index in [-0.39, 0.29) is 24.0 Å². The van der Waals surface area contributed by atoms with E-state index in [1.165, 1.54) is 24.8 Å². The molecule has 3 heterocycles. The molecule has 1 aromatic carbocycles. The number of hydrogen-bond donors (Lipinski definition) is 1. The largest absolute Gasteiger partial charge is 0.370 e. The number of aromatic nitrogens is 1. The van der Waals surface area contributed by atoms with Crippen LogP contribution in [0.25, 0.3) is 0 Å². The van der Waals surface area contributed by atoms with Gasteiger partial charge in [0.15, 0.2) is 11.1 Å². The Labute approximate surface area is 194 Å². The zero-order valence-electron chi connectivity index (χ0n) is 16.8. The summed E-state index contributed by atoms with van der Waals surface area (Å²) >= 11 is 1.70. The minimum absolute atomic E-state index is 0. The van der Waals surface area contributed by atoms with Crippen molar-refractivity contribution in [1.82, 2.24) is 14.8 Å². The molecule has 1 unspecified atom stereocenters. The molecule has 1 aromatic heterocycles. The Balaban J connectivity index is 0.00000240. The summed E-state index contributed by atoms with van der Waals surface area (Å²) in [5.41, 5.74) is 7.73. The van der Waals surface area contributed by atoms with E-state index in [0.717, 1.165) is 50.9 Å². The first-order valence-electron chi connectivity index (χ1n) is 10.3. The summed E-state index contributed by atoms with van der Waals surface area (Å²) in [6, 6.07) is 11.2. The summed E-state index contributed by atoms with van der Waals surface area (Å²) in [6.45, 7) is 6.68. The van der Waals surface area contributed by atoms with E-state index in [4.69, 9.17) is 10.7 Å². The number of thiazole rings is 1. The molecule has 158 valence electrons. The second-order valence-electron chi connectivity index (χ2n) is 7.59. The molecule has 2 fully saturated rings. The van der Waals surface area contributed by atoms with Gasteiger partial charge in [0.05, 0.1) is 6.54 Å². The first kappa shape index (κ1) is 22.3. The highest BCUT2D eigenvalue weighted by molar-refractivity contribution is 14.0. The summed E-state index contributed by atoms with van der Waals surface area (Å²) in [5, 5.41) is 3.14. The zero-order valence-corrected chi connectivity index (χ0v) is 20.0. The van der Waals surface area contributed by atoms with Gasteiger partial charge in [-0.1, -0.05) is 36.8 Å². The second-order valence-corrected chi connectivity index (χ2v) is 8.47. The third-order valence-corrected chi connectivity index (χ3v) is 6.57. The number of nitrogens with two attached hydrogens (primary N) is 1. The van der Waals surface area contributed by atoms with E-state index in [2.05, 4.69) is 50.0 Å². The van der Waals surface area contributed by atoms with Crippen LogP contribution in [0.15, 0.2) is 46.9 Å². The normalized spacial score (nSPS) is 21.1. The molecule has 0 saturated carbocycles. The molecule has 0 radical (unpaired) electrons. The third-order valence-electron chi connectivity index (χ3n) is 5.74. The number of piperidine rings is 1. The molecule has 0 bridgehead atoms. The molecule has 8 heteroatoms. The number of guanidine groups is 1. The van der Waals surface area contributed by atoms with Gasteiger partial charge in [-0.3, -0.25) is 9.89 Å². The summed E-state index contributed by atoms with van der Waals surface area (Å²) in [6.07, 6.45) is 5.65. The van der Waals surface area contributed by atoms with E-state index in [0.29, 0.717) is 12.0 Å². The third kappa shape index (κ3) is 6.05. The lowest BCUT2D eigenvalue weighted by Crippen LogP contribution is -2.51. The number of benzene rings is 1. The molecule has 2 aliphatic rings. The van der Waals surface area contributed by atoms with Gasteiger partial charge in [-0.05, 0) is 24.9 Å². The van der Waals surface area contributed by atoms with Gasteiger partial charge in [0.1, 0.15) is 0 Å². The Bertz CT molecular complexity index is 746. The van der Waals surface area contributed by atoms with E-state index in [9.17, 15) is 0 Å². The Morgan fingerprint density at radius 3 is 2.62 bits per heavy atom. The first-order chi connectivity index (χ1) is 13.8. The fourth-order valence-corrected chi connectivity index (χ4v) is 4.79. The molecule has 29 heavy (non-hydrogen) atoms.